The van der Waals surface area contributed by atoms with Crippen molar-refractivity contribution in [3.8, 4) is 11.4 Å². The third-order valence-electron chi connectivity index (χ3n) is 4.54. The molecular weight excluding hydrogens is 284 g/mol. The molecule has 2 aromatic rings. The van der Waals surface area contributed by atoms with Crippen LogP contribution in [0.4, 0.5) is 11.6 Å². The van der Waals surface area contributed by atoms with Crippen molar-refractivity contribution in [2.45, 2.75) is 45.6 Å². The van der Waals surface area contributed by atoms with Crippen LogP contribution in [-0.2, 0) is 0 Å². The van der Waals surface area contributed by atoms with Crippen molar-refractivity contribution in [2.24, 2.45) is 0 Å². The Labute approximate surface area is 139 Å². The minimum atomic E-state index is 0.554. The average Bonchev–Trinajstić information content (AvgIpc) is 3.10. The van der Waals surface area contributed by atoms with Crippen molar-refractivity contribution in [3.05, 3.63) is 36.4 Å². The minimum absolute atomic E-state index is 0.554. The SMILES string of the molecule is CCN(CC)c1cc(NC2CCCC2)nc(-c2ccccc2)n1. The summed E-state index contributed by atoms with van der Waals surface area (Å²) in [7, 11) is 0. The lowest BCUT2D eigenvalue weighted by Gasteiger charge is -2.22. The predicted molar refractivity (Wildman–Crippen MR) is 96.9 cm³/mol. The summed E-state index contributed by atoms with van der Waals surface area (Å²) < 4.78 is 0. The van der Waals surface area contributed by atoms with Gasteiger partial charge in [-0.25, -0.2) is 9.97 Å². The molecule has 122 valence electrons. The van der Waals surface area contributed by atoms with Gasteiger partial charge in [0.1, 0.15) is 11.6 Å². The monoisotopic (exact) mass is 310 g/mol. The van der Waals surface area contributed by atoms with Crippen LogP contribution in [-0.4, -0.2) is 29.1 Å². The maximum atomic E-state index is 4.80. The molecule has 0 unspecified atom stereocenters. The fourth-order valence-corrected chi connectivity index (χ4v) is 3.21. The lowest BCUT2D eigenvalue weighted by molar-refractivity contribution is 0.749. The van der Waals surface area contributed by atoms with Gasteiger partial charge in [-0.1, -0.05) is 43.2 Å². The third-order valence-corrected chi connectivity index (χ3v) is 4.54. The van der Waals surface area contributed by atoms with Gasteiger partial charge < -0.3 is 10.2 Å². The van der Waals surface area contributed by atoms with Crippen molar-refractivity contribution < 1.29 is 0 Å². The Kier molecular flexibility index (Phi) is 5.11. The Hall–Kier alpha value is -2.10. The molecule has 1 aromatic heterocycles. The van der Waals surface area contributed by atoms with E-state index in [1.807, 2.05) is 18.2 Å². The molecule has 0 saturated heterocycles. The van der Waals surface area contributed by atoms with E-state index in [-0.39, 0.29) is 0 Å². The Morgan fingerprint density at radius 2 is 1.74 bits per heavy atom. The molecule has 3 rings (SSSR count). The van der Waals surface area contributed by atoms with E-state index in [0.29, 0.717) is 6.04 Å². The van der Waals surface area contributed by atoms with Crippen LogP contribution in [0, 0.1) is 0 Å². The van der Waals surface area contributed by atoms with E-state index in [1.165, 1.54) is 25.7 Å². The molecule has 0 aliphatic heterocycles. The summed E-state index contributed by atoms with van der Waals surface area (Å²) in [4.78, 5) is 11.8. The second kappa shape index (κ2) is 7.44. The highest BCUT2D eigenvalue weighted by atomic mass is 15.2. The van der Waals surface area contributed by atoms with Gasteiger partial charge in [0.05, 0.1) is 0 Å². The molecule has 1 aliphatic rings. The molecule has 0 amide bonds. The molecule has 0 spiro atoms. The predicted octanol–water partition coefficient (Wildman–Crippen LogP) is 4.34. The van der Waals surface area contributed by atoms with Crippen LogP contribution in [0.5, 0.6) is 0 Å². The van der Waals surface area contributed by atoms with Crippen LogP contribution in [0.3, 0.4) is 0 Å². The van der Waals surface area contributed by atoms with Gasteiger partial charge >= 0.3 is 0 Å². The Morgan fingerprint density at radius 1 is 1.04 bits per heavy atom. The van der Waals surface area contributed by atoms with E-state index in [9.17, 15) is 0 Å². The first kappa shape index (κ1) is 15.8. The van der Waals surface area contributed by atoms with Crippen LogP contribution in [0.2, 0.25) is 0 Å². The number of aromatic nitrogens is 2. The summed E-state index contributed by atoms with van der Waals surface area (Å²) in [5, 5.41) is 3.62. The van der Waals surface area contributed by atoms with Crippen molar-refractivity contribution in [1.82, 2.24) is 9.97 Å². The van der Waals surface area contributed by atoms with Gasteiger partial charge in [0.25, 0.3) is 0 Å². The zero-order valence-corrected chi connectivity index (χ0v) is 14.1. The highest BCUT2D eigenvalue weighted by Gasteiger charge is 2.17. The highest BCUT2D eigenvalue weighted by molar-refractivity contribution is 5.61. The van der Waals surface area contributed by atoms with Crippen LogP contribution in [0.15, 0.2) is 36.4 Å². The van der Waals surface area contributed by atoms with Crippen LogP contribution < -0.4 is 10.2 Å². The topological polar surface area (TPSA) is 41.0 Å². The van der Waals surface area contributed by atoms with Gasteiger partial charge in [-0.15, -0.1) is 0 Å². The van der Waals surface area contributed by atoms with Crippen molar-refractivity contribution in [1.29, 1.82) is 0 Å². The Morgan fingerprint density at radius 3 is 2.39 bits per heavy atom. The van der Waals surface area contributed by atoms with Gasteiger partial charge in [-0.05, 0) is 26.7 Å². The lowest BCUT2D eigenvalue weighted by Crippen LogP contribution is -2.24. The molecule has 1 N–H and O–H groups in total. The molecule has 1 aromatic carbocycles. The maximum Gasteiger partial charge on any atom is 0.163 e. The summed E-state index contributed by atoms with van der Waals surface area (Å²) in [6.07, 6.45) is 5.12. The summed E-state index contributed by atoms with van der Waals surface area (Å²) in [6.45, 7) is 6.23. The summed E-state index contributed by atoms with van der Waals surface area (Å²) in [5.41, 5.74) is 1.07. The first-order valence-electron chi connectivity index (χ1n) is 8.76. The minimum Gasteiger partial charge on any atom is -0.367 e. The number of benzene rings is 1. The summed E-state index contributed by atoms with van der Waals surface area (Å²) >= 11 is 0. The number of anilines is 2. The standard InChI is InChI=1S/C19H26N4/c1-3-23(4-2)18-14-17(20-16-12-8-9-13-16)21-19(22-18)15-10-6-5-7-11-15/h5-7,10-11,14,16H,3-4,8-9,12-13H2,1-2H3,(H,20,21,22). The van der Waals surface area contributed by atoms with Crippen LogP contribution in [0.1, 0.15) is 39.5 Å². The van der Waals surface area contributed by atoms with E-state index in [2.05, 4.69) is 42.3 Å². The highest BCUT2D eigenvalue weighted by Crippen LogP contribution is 2.26. The molecule has 4 nitrogen and oxygen atoms in total. The molecule has 4 heteroatoms. The van der Waals surface area contributed by atoms with E-state index in [1.54, 1.807) is 0 Å². The molecular formula is C19H26N4. The number of rotatable bonds is 6. The first-order chi connectivity index (χ1) is 11.3. The van der Waals surface area contributed by atoms with Crippen LogP contribution in [0.25, 0.3) is 11.4 Å². The Bertz CT molecular complexity index is 617. The van der Waals surface area contributed by atoms with Crippen molar-refractivity contribution in [2.75, 3.05) is 23.3 Å². The van der Waals surface area contributed by atoms with Crippen molar-refractivity contribution in [3.63, 3.8) is 0 Å². The van der Waals surface area contributed by atoms with E-state index >= 15 is 0 Å². The molecule has 0 atom stereocenters. The van der Waals surface area contributed by atoms with E-state index in [4.69, 9.17) is 9.97 Å². The zero-order valence-electron chi connectivity index (χ0n) is 14.1. The normalized spacial score (nSPS) is 14.9. The van der Waals surface area contributed by atoms with Gasteiger partial charge in [-0.2, -0.15) is 0 Å². The second-order valence-electron chi connectivity index (χ2n) is 6.10. The molecule has 0 radical (unpaired) electrons. The zero-order chi connectivity index (χ0) is 16.1. The van der Waals surface area contributed by atoms with Crippen LogP contribution >= 0.6 is 0 Å². The van der Waals surface area contributed by atoms with E-state index in [0.717, 1.165) is 36.1 Å². The van der Waals surface area contributed by atoms with E-state index < -0.39 is 0 Å². The molecule has 1 heterocycles. The molecule has 1 fully saturated rings. The third kappa shape index (κ3) is 3.81. The molecule has 1 aliphatic carbocycles. The number of hydrogen-bond donors (Lipinski definition) is 1. The molecule has 23 heavy (non-hydrogen) atoms. The van der Waals surface area contributed by atoms with Gasteiger partial charge in [0.2, 0.25) is 0 Å². The average molecular weight is 310 g/mol. The van der Waals surface area contributed by atoms with Crippen molar-refractivity contribution >= 4 is 11.6 Å². The maximum absolute atomic E-state index is 4.80. The quantitative estimate of drug-likeness (QED) is 0.861. The first-order valence-corrected chi connectivity index (χ1v) is 8.76. The number of hydrogen-bond acceptors (Lipinski definition) is 4. The number of nitrogens with one attached hydrogen (secondary N) is 1. The number of nitrogens with zero attached hydrogens (tertiary/aromatic N) is 3. The largest absolute Gasteiger partial charge is 0.367 e. The fourth-order valence-electron chi connectivity index (χ4n) is 3.21. The second-order valence-corrected chi connectivity index (χ2v) is 6.10. The Balaban J connectivity index is 1.95. The van der Waals surface area contributed by atoms with Gasteiger partial charge in [-0.3, -0.25) is 0 Å². The van der Waals surface area contributed by atoms with Gasteiger partial charge in [0, 0.05) is 30.8 Å². The van der Waals surface area contributed by atoms with Gasteiger partial charge in [0.15, 0.2) is 5.82 Å². The lowest BCUT2D eigenvalue weighted by atomic mass is 10.2. The summed E-state index contributed by atoms with van der Waals surface area (Å²) in [6, 6.07) is 12.9. The summed E-state index contributed by atoms with van der Waals surface area (Å²) in [5.74, 6) is 2.76. The molecule has 0 bridgehead atoms. The molecule has 1 saturated carbocycles. The smallest absolute Gasteiger partial charge is 0.163 e. The fraction of sp³-hybridized carbons (Fsp3) is 0.474.